The summed E-state index contributed by atoms with van der Waals surface area (Å²) >= 11 is 0. The van der Waals surface area contributed by atoms with E-state index >= 15 is 0 Å². The van der Waals surface area contributed by atoms with E-state index in [1.165, 1.54) is 13.2 Å². The van der Waals surface area contributed by atoms with E-state index in [1.54, 1.807) is 6.92 Å². The summed E-state index contributed by atoms with van der Waals surface area (Å²) in [7, 11) is 1.37. The first-order valence-corrected chi connectivity index (χ1v) is 8.39. The molecule has 0 amide bonds. The second-order valence-corrected chi connectivity index (χ2v) is 6.54. The van der Waals surface area contributed by atoms with Crippen LogP contribution in [0.25, 0.3) is 0 Å². The predicted molar refractivity (Wildman–Crippen MR) is 96.7 cm³/mol. The van der Waals surface area contributed by atoms with Crippen LogP contribution in [0, 0.1) is 17.1 Å². The highest BCUT2D eigenvalue weighted by Gasteiger charge is 2.43. The highest BCUT2D eigenvalue weighted by molar-refractivity contribution is 5.93. The largest absolute Gasteiger partial charge is 0.479 e. The summed E-state index contributed by atoms with van der Waals surface area (Å²) in [6.45, 7) is 1.61. The van der Waals surface area contributed by atoms with Crippen molar-refractivity contribution < 1.29 is 19.0 Å². The molecule has 2 rings (SSSR count). The van der Waals surface area contributed by atoms with Gasteiger partial charge in [-0.15, -0.1) is 0 Å². The molecule has 8 nitrogen and oxygen atoms in total. The Morgan fingerprint density at radius 2 is 2.15 bits per heavy atom. The van der Waals surface area contributed by atoms with Crippen molar-refractivity contribution in [1.82, 2.24) is 4.98 Å². The van der Waals surface area contributed by atoms with Gasteiger partial charge in [-0.3, -0.25) is 0 Å². The molecule has 0 aliphatic heterocycles. The van der Waals surface area contributed by atoms with Crippen molar-refractivity contribution in [3.05, 3.63) is 34.9 Å². The molecule has 0 radical (unpaired) electrons. The number of pyridine rings is 1. The molecule has 9 heteroatoms. The number of ether oxygens (including phenoxy) is 1. The number of hydrogen-bond donors (Lipinski definition) is 3. The number of halogens is 1. The Morgan fingerprint density at radius 1 is 1.52 bits per heavy atom. The number of aromatic nitrogens is 1. The molecule has 0 spiro atoms. The molecule has 0 atom stereocenters. The van der Waals surface area contributed by atoms with Crippen LogP contribution in [-0.2, 0) is 9.53 Å². The van der Waals surface area contributed by atoms with E-state index < -0.39 is 17.4 Å². The molecule has 1 aliphatic carbocycles. The average molecular weight is 375 g/mol. The van der Waals surface area contributed by atoms with Gasteiger partial charge in [0.05, 0.1) is 11.3 Å². The Labute approximate surface area is 156 Å². The van der Waals surface area contributed by atoms with Crippen molar-refractivity contribution in [2.45, 2.75) is 44.1 Å². The summed E-state index contributed by atoms with van der Waals surface area (Å²) in [6.07, 6.45) is 2.79. The van der Waals surface area contributed by atoms with Crippen molar-refractivity contribution in [2.24, 2.45) is 16.5 Å². The molecule has 144 valence electrons. The van der Waals surface area contributed by atoms with Gasteiger partial charge in [-0.1, -0.05) is 0 Å². The second kappa shape index (κ2) is 8.14. The fourth-order valence-electron chi connectivity index (χ4n) is 3.22. The van der Waals surface area contributed by atoms with Gasteiger partial charge in [0.2, 0.25) is 0 Å². The van der Waals surface area contributed by atoms with Gasteiger partial charge in [0.25, 0.3) is 0 Å². The van der Waals surface area contributed by atoms with Crippen LogP contribution in [0.5, 0.6) is 0 Å². The monoisotopic (exact) mass is 375 g/mol. The minimum absolute atomic E-state index is 0.00928. The maximum atomic E-state index is 14.2. The number of aliphatic carboxylic acids is 1. The summed E-state index contributed by atoms with van der Waals surface area (Å²) in [5.74, 6) is -2.23. The summed E-state index contributed by atoms with van der Waals surface area (Å²) in [4.78, 5) is 19.6. The van der Waals surface area contributed by atoms with Gasteiger partial charge in [-0.05, 0) is 44.7 Å². The zero-order valence-corrected chi connectivity index (χ0v) is 15.2. The Kier molecular flexibility index (Phi) is 6.13. The second-order valence-electron chi connectivity index (χ2n) is 6.54. The third kappa shape index (κ3) is 4.41. The minimum Gasteiger partial charge on any atom is -0.479 e. The van der Waals surface area contributed by atoms with E-state index in [0.717, 1.165) is 6.07 Å². The Hall–Kier alpha value is -2.99. The fourth-order valence-corrected chi connectivity index (χ4v) is 3.22. The molecule has 1 heterocycles. The lowest BCUT2D eigenvalue weighted by Crippen LogP contribution is -2.43. The lowest BCUT2D eigenvalue weighted by Gasteiger charge is -2.35. The normalized spacial score (nSPS) is 23.7. The lowest BCUT2D eigenvalue weighted by molar-refractivity contribution is -0.166. The van der Waals surface area contributed by atoms with Crippen molar-refractivity contribution in [3.8, 4) is 6.07 Å². The maximum Gasteiger partial charge on any atom is 0.335 e. The number of aliphatic imine (C=N–C) groups is 1. The first-order valence-electron chi connectivity index (χ1n) is 8.39. The number of nitrogens with zero attached hydrogens (tertiary/aromatic N) is 3. The van der Waals surface area contributed by atoms with E-state index in [4.69, 9.17) is 16.2 Å². The molecule has 1 fully saturated rings. The first-order chi connectivity index (χ1) is 12.7. The number of nitrogens with two attached hydrogens (primary N) is 2. The smallest absolute Gasteiger partial charge is 0.335 e. The number of nitriles is 1. The number of allylic oxidation sites excluding steroid dienone is 1. The highest BCUT2D eigenvalue weighted by atomic mass is 19.1. The quantitative estimate of drug-likeness (QED) is 0.527. The van der Waals surface area contributed by atoms with Crippen LogP contribution in [0.1, 0.15) is 49.8 Å². The van der Waals surface area contributed by atoms with Crippen LogP contribution in [-0.4, -0.2) is 34.6 Å². The average Bonchev–Trinajstić information content (AvgIpc) is 2.62. The molecule has 0 unspecified atom stereocenters. The highest BCUT2D eigenvalue weighted by Crippen LogP contribution is 2.41. The van der Waals surface area contributed by atoms with Gasteiger partial charge in [0.15, 0.2) is 17.2 Å². The molecule has 1 saturated carbocycles. The Morgan fingerprint density at radius 3 is 2.63 bits per heavy atom. The van der Waals surface area contributed by atoms with Gasteiger partial charge in [-0.2, -0.15) is 5.26 Å². The lowest BCUT2D eigenvalue weighted by atomic mass is 9.76. The van der Waals surface area contributed by atoms with Crippen LogP contribution >= 0.6 is 0 Å². The topological polar surface area (TPSA) is 148 Å². The number of methoxy groups -OCH3 is 1. The summed E-state index contributed by atoms with van der Waals surface area (Å²) in [5.41, 5.74) is 10.9. The standard InChI is InChI=1S/C18H22FN5O3/c1-10(21)7-14(22)23-16-13(19)8-12(9-20)15(24-16)11-3-5-18(27-2,6-4-11)17(25)26/h7-8,11H,3-6,21H2,1-2H3,(H,25,26)(H2,22,23,24)/b10-7-. The van der Waals surface area contributed by atoms with E-state index in [2.05, 4.69) is 9.98 Å². The molecule has 5 N–H and O–H groups in total. The van der Waals surface area contributed by atoms with E-state index in [9.17, 15) is 19.6 Å². The maximum absolute atomic E-state index is 14.2. The molecular weight excluding hydrogens is 353 g/mol. The molecule has 1 aliphatic rings. The van der Waals surface area contributed by atoms with Crippen molar-refractivity contribution in [3.63, 3.8) is 0 Å². The Bertz CT molecular complexity index is 832. The zero-order chi connectivity index (χ0) is 20.2. The first kappa shape index (κ1) is 20.3. The molecular formula is C18H22FN5O3. The van der Waals surface area contributed by atoms with Crippen LogP contribution in [0.15, 0.2) is 22.8 Å². The number of carboxylic acid groups (broad SMARTS) is 1. The summed E-state index contributed by atoms with van der Waals surface area (Å²) < 4.78 is 19.5. The predicted octanol–water partition coefficient (Wildman–Crippen LogP) is 2.07. The van der Waals surface area contributed by atoms with Crippen LogP contribution in [0.2, 0.25) is 0 Å². The number of carbonyl (C=O) groups is 1. The van der Waals surface area contributed by atoms with Crippen LogP contribution < -0.4 is 11.5 Å². The van der Waals surface area contributed by atoms with E-state index in [-0.39, 0.29) is 36.0 Å². The SMILES string of the molecule is COC1(C(=O)O)CCC(c2nc(N=C(N)/C=C(/C)N)c(F)cc2C#N)CC1. The number of amidine groups is 1. The number of rotatable bonds is 5. The molecule has 0 saturated heterocycles. The minimum atomic E-state index is -1.24. The van der Waals surface area contributed by atoms with Crippen molar-refractivity contribution in [1.29, 1.82) is 5.26 Å². The molecule has 0 aromatic carbocycles. The molecule has 0 bridgehead atoms. The Balaban J connectivity index is 2.37. The van der Waals surface area contributed by atoms with Gasteiger partial charge < -0.3 is 21.3 Å². The van der Waals surface area contributed by atoms with Crippen molar-refractivity contribution >= 4 is 17.6 Å². The van der Waals surface area contributed by atoms with Gasteiger partial charge in [0.1, 0.15) is 11.9 Å². The van der Waals surface area contributed by atoms with Crippen LogP contribution in [0.3, 0.4) is 0 Å². The van der Waals surface area contributed by atoms with E-state index in [1.807, 2.05) is 6.07 Å². The van der Waals surface area contributed by atoms with Gasteiger partial charge in [0, 0.05) is 18.7 Å². The third-order valence-corrected chi connectivity index (χ3v) is 4.68. The fraction of sp³-hybridized carbons (Fsp3) is 0.444. The van der Waals surface area contributed by atoms with Gasteiger partial charge >= 0.3 is 5.97 Å². The zero-order valence-electron chi connectivity index (χ0n) is 15.2. The van der Waals surface area contributed by atoms with E-state index in [0.29, 0.717) is 24.2 Å². The molecule has 27 heavy (non-hydrogen) atoms. The third-order valence-electron chi connectivity index (χ3n) is 4.68. The summed E-state index contributed by atoms with van der Waals surface area (Å²) in [6, 6.07) is 3.01. The van der Waals surface area contributed by atoms with Gasteiger partial charge in [-0.25, -0.2) is 19.2 Å². The van der Waals surface area contributed by atoms with Crippen LogP contribution in [0.4, 0.5) is 10.2 Å². The number of carboxylic acids is 1. The molecule has 1 aromatic heterocycles. The summed E-state index contributed by atoms with van der Waals surface area (Å²) in [5, 5.41) is 18.7. The van der Waals surface area contributed by atoms with Crippen molar-refractivity contribution in [2.75, 3.05) is 7.11 Å². The molecule has 1 aromatic rings. The number of hydrogen-bond acceptors (Lipinski definition) is 6.